The van der Waals surface area contributed by atoms with Crippen LogP contribution in [0, 0.1) is 0 Å². The maximum atomic E-state index is 12.9. The summed E-state index contributed by atoms with van der Waals surface area (Å²) in [5.74, 6) is 0. The van der Waals surface area contributed by atoms with Crippen molar-refractivity contribution in [3.8, 4) is 0 Å². The summed E-state index contributed by atoms with van der Waals surface area (Å²) in [4.78, 5) is 4.00. The summed E-state index contributed by atoms with van der Waals surface area (Å²) < 4.78 is 27.4. The molecular formula is C14H16Cl2N2O3S2. The molecule has 126 valence electrons. The van der Waals surface area contributed by atoms with Crippen LogP contribution in [0.15, 0.2) is 34.8 Å². The van der Waals surface area contributed by atoms with Gasteiger partial charge in [-0.3, -0.25) is 4.98 Å². The van der Waals surface area contributed by atoms with Crippen molar-refractivity contribution in [3.05, 3.63) is 45.5 Å². The third kappa shape index (κ3) is 4.23. The molecular weight excluding hydrogens is 379 g/mol. The molecule has 0 spiro atoms. The summed E-state index contributed by atoms with van der Waals surface area (Å²) in [5.41, 5.74) is 0.733. The number of aromatic nitrogens is 1. The Morgan fingerprint density at radius 1 is 1.43 bits per heavy atom. The third-order valence-electron chi connectivity index (χ3n) is 3.34. The average Bonchev–Trinajstić information content (AvgIpc) is 2.88. The van der Waals surface area contributed by atoms with E-state index >= 15 is 0 Å². The molecule has 0 aromatic carbocycles. The third-order valence-corrected chi connectivity index (χ3v) is 7.55. The van der Waals surface area contributed by atoms with Crippen molar-refractivity contribution in [2.24, 2.45) is 0 Å². The summed E-state index contributed by atoms with van der Waals surface area (Å²) in [7, 11) is -3.83. The van der Waals surface area contributed by atoms with Gasteiger partial charge in [-0.15, -0.1) is 11.3 Å². The summed E-state index contributed by atoms with van der Waals surface area (Å²) in [5, 5.41) is 9.78. The largest absolute Gasteiger partial charge is 0.395 e. The van der Waals surface area contributed by atoms with E-state index in [0.717, 1.165) is 16.9 Å². The molecule has 23 heavy (non-hydrogen) atoms. The number of rotatable bonds is 7. The monoisotopic (exact) mass is 394 g/mol. The first-order valence-corrected chi connectivity index (χ1v) is 9.87. The van der Waals surface area contributed by atoms with Gasteiger partial charge in [0.1, 0.15) is 8.55 Å². The van der Waals surface area contributed by atoms with Crippen LogP contribution in [-0.4, -0.2) is 35.5 Å². The van der Waals surface area contributed by atoms with E-state index in [2.05, 4.69) is 4.98 Å². The fourth-order valence-electron chi connectivity index (χ4n) is 2.08. The SMILES string of the molecule is CCC(CO)N(Cc1cccnc1)S(=O)(=O)c1cc(Cl)c(Cl)s1. The predicted octanol–water partition coefficient (Wildman–Crippen LogP) is 3.41. The minimum absolute atomic E-state index is 0.0586. The minimum Gasteiger partial charge on any atom is -0.395 e. The molecule has 9 heteroatoms. The number of sulfonamides is 1. The zero-order valence-electron chi connectivity index (χ0n) is 12.3. The molecule has 1 N–H and O–H groups in total. The lowest BCUT2D eigenvalue weighted by Crippen LogP contribution is -2.41. The van der Waals surface area contributed by atoms with Gasteiger partial charge in [-0.25, -0.2) is 8.42 Å². The maximum absolute atomic E-state index is 12.9. The van der Waals surface area contributed by atoms with Crippen molar-refractivity contribution in [1.82, 2.24) is 9.29 Å². The highest BCUT2D eigenvalue weighted by atomic mass is 35.5. The molecule has 1 unspecified atom stereocenters. The lowest BCUT2D eigenvalue weighted by molar-refractivity contribution is 0.179. The van der Waals surface area contributed by atoms with Crippen molar-refractivity contribution >= 4 is 44.6 Å². The highest BCUT2D eigenvalue weighted by Gasteiger charge is 2.32. The number of hydrogen-bond donors (Lipinski definition) is 1. The second kappa shape index (κ2) is 7.92. The molecule has 2 heterocycles. The molecule has 0 aliphatic heterocycles. The molecule has 0 bridgehead atoms. The molecule has 2 aromatic heterocycles. The van der Waals surface area contributed by atoms with Gasteiger partial charge in [-0.05, 0) is 24.1 Å². The van der Waals surface area contributed by atoms with Crippen LogP contribution in [0.5, 0.6) is 0 Å². The van der Waals surface area contributed by atoms with Crippen LogP contribution in [0.25, 0.3) is 0 Å². The van der Waals surface area contributed by atoms with Crippen LogP contribution in [0.4, 0.5) is 0 Å². The average molecular weight is 395 g/mol. The van der Waals surface area contributed by atoms with E-state index in [4.69, 9.17) is 23.2 Å². The lowest BCUT2D eigenvalue weighted by atomic mass is 10.2. The molecule has 0 saturated carbocycles. The van der Waals surface area contributed by atoms with Gasteiger partial charge in [-0.2, -0.15) is 4.31 Å². The Bertz CT molecular complexity index is 727. The van der Waals surface area contributed by atoms with Gasteiger partial charge >= 0.3 is 0 Å². The Morgan fingerprint density at radius 3 is 2.65 bits per heavy atom. The van der Waals surface area contributed by atoms with Gasteiger partial charge in [0, 0.05) is 25.0 Å². The van der Waals surface area contributed by atoms with E-state index in [1.165, 1.54) is 10.4 Å². The van der Waals surface area contributed by atoms with E-state index in [9.17, 15) is 13.5 Å². The molecule has 1 atom stereocenters. The zero-order chi connectivity index (χ0) is 17.0. The predicted molar refractivity (Wildman–Crippen MR) is 92.5 cm³/mol. The van der Waals surface area contributed by atoms with Crippen LogP contribution in [-0.2, 0) is 16.6 Å². The minimum atomic E-state index is -3.83. The van der Waals surface area contributed by atoms with Crippen LogP contribution in [0.2, 0.25) is 9.36 Å². The van der Waals surface area contributed by atoms with Crippen LogP contribution in [0.1, 0.15) is 18.9 Å². The number of nitrogens with zero attached hydrogens (tertiary/aromatic N) is 2. The number of pyridine rings is 1. The van der Waals surface area contributed by atoms with Crippen molar-refractivity contribution in [3.63, 3.8) is 0 Å². The second-order valence-corrected chi connectivity index (χ2v) is 9.02. The fraction of sp³-hybridized carbons (Fsp3) is 0.357. The Labute approximate surface area is 149 Å². The smallest absolute Gasteiger partial charge is 0.253 e. The standard InChI is InChI=1S/C14H16Cl2N2O3S2/c1-2-11(9-19)18(8-10-4-3-5-17-7-10)23(20,21)13-6-12(15)14(16)22-13/h3-7,11,19H,2,8-9H2,1H3. The summed E-state index contributed by atoms with van der Waals surface area (Å²) >= 11 is 12.7. The van der Waals surface area contributed by atoms with Crippen molar-refractivity contribution < 1.29 is 13.5 Å². The van der Waals surface area contributed by atoms with Gasteiger partial charge < -0.3 is 5.11 Å². The number of hydrogen-bond acceptors (Lipinski definition) is 5. The van der Waals surface area contributed by atoms with E-state index in [0.29, 0.717) is 6.42 Å². The highest BCUT2D eigenvalue weighted by Crippen LogP contribution is 2.36. The molecule has 0 amide bonds. The number of thiophene rings is 1. The van der Waals surface area contributed by atoms with Crippen LogP contribution >= 0.6 is 34.5 Å². The van der Waals surface area contributed by atoms with Crippen LogP contribution in [0.3, 0.4) is 0 Å². The zero-order valence-corrected chi connectivity index (χ0v) is 15.5. The molecule has 0 aliphatic carbocycles. The van der Waals surface area contributed by atoms with Gasteiger partial charge in [-0.1, -0.05) is 36.2 Å². The second-order valence-electron chi connectivity index (χ2n) is 4.84. The van der Waals surface area contributed by atoms with Gasteiger partial charge in [0.15, 0.2) is 0 Å². The molecule has 2 rings (SSSR count). The molecule has 0 radical (unpaired) electrons. The van der Waals surface area contributed by atoms with E-state index in [1.807, 2.05) is 6.92 Å². The van der Waals surface area contributed by atoms with Crippen LogP contribution < -0.4 is 0 Å². The fourth-order valence-corrected chi connectivity index (χ4v) is 5.76. The first-order chi connectivity index (χ1) is 10.9. The first-order valence-electron chi connectivity index (χ1n) is 6.86. The molecule has 5 nitrogen and oxygen atoms in total. The summed E-state index contributed by atoms with van der Waals surface area (Å²) in [6, 6.07) is 4.32. The maximum Gasteiger partial charge on any atom is 0.253 e. The Kier molecular flexibility index (Phi) is 6.41. The van der Waals surface area contributed by atoms with Gasteiger partial charge in [0.2, 0.25) is 0 Å². The van der Waals surface area contributed by atoms with E-state index in [1.54, 1.807) is 24.5 Å². The highest BCUT2D eigenvalue weighted by molar-refractivity contribution is 7.91. The number of aliphatic hydroxyl groups is 1. The first kappa shape index (κ1) is 18.6. The number of aliphatic hydroxyl groups excluding tert-OH is 1. The number of halogens is 2. The molecule has 0 aliphatic rings. The Balaban J connectivity index is 2.43. The normalized spacial score (nSPS) is 13.4. The van der Waals surface area contributed by atoms with E-state index in [-0.39, 0.29) is 26.7 Å². The molecule has 2 aromatic rings. The van der Waals surface area contributed by atoms with Crippen molar-refractivity contribution in [2.75, 3.05) is 6.61 Å². The summed E-state index contributed by atoms with van der Waals surface area (Å²) in [6.45, 7) is 1.66. The topological polar surface area (TPSA) is 70.5 Å². The lowest BCUT2D eigenvalue weighted by Gasteiger charge is -2.28. The molecule has 0 saturated heterocycles. The van der Waals surface area contributed by atoms with E-state index < -0.39 is 16.1 Å². The quantitative estimate of drug-likeness (QED) is 0.780. The molecule has 0 fully saturated rings. The van der Waals surface area contributed by atoms with Crippen molar-refractivity contribution in [2.45, 2.75) is 30.1 Å². The van der Waals surface area contributed by atoms with Crippen molar-refractivity contribution in [1.29, 1.82) is 0 Å². The summed E-state index contributed by atoms with van der Waals surface area (Å²) in [6.07, 6.45) is 3.69. The van der Waals surface area contributed by atoms with Gasteiger partial charge in [0.25, 0.3) is 10.0 Å². The Morgan fingerprint density at radius 2 is 2.17 bits per heavy atom. The Hall–Kier alpha value is -0.700. The van der Waals surface area contributed by atoms with Gasteiger partial charge in [0.05, 0.1) is 11.6 Å².